The molecule has 2 N–H and O–H groups in total. The highest BCUT2D eigenvalue weighted by Gasteiger charge is 2.42. The van der Waals surface area contributed by atoms with Gasteiger partial charge in [-0.2, -0.15) is 4.98 Å². The fraction of sp³-hybridized carbons (Fsp3) is 0.867. The van der Waals surface area contributed by atoms with Crippen molar-refractivity contribution in [2.24, 2.45) is 11.7 Å². The molecule has 20 heavy (non-hydrogen) atoms. The van der Waals surface area contributed by atoms with Gasteiger partial charge >= 0.3 is 0 Å². The van der Waals surface area contributed by atoms with Crippen molar-refractivity contribution in [1.82, 2.24) is 10.1 Å². The lowest BCUT2D eigenvalue weighted by Gasteiger charge is -2.36. The van der Waals surface area contributed by atoms with Gasteiger partial charge in [0.05, 0.1) is 5.54 Å². The molecule has 5 heteroatoms. The average molecular weight is 281 g/mol. The zero-order valence-corrected chi connectivity index (χ0v) is 13.1. The Morgan fingerprint density at radius 2 is 2.30 bits per heavy atom. The Labute approximate surface area is 121 Å². The molecule has 1 saturated carbocycles. The van der Waals surface area contributed by atoms with Gasteiger partial charge in [-0.3, -0.25) is 0 Å². The molecule has 3 atom stereocenters. The van der Waals surface area contributed by atoms with E-state index in [1.807, 2.05) is 6.92 Å². The summed E-state index contributed by atoms with van der Waals surface area (Å²) in [5.41, 5.74) is 5.30. The second-order valence-corrected chi connectivity index (χ2v) is 6.49. The van der Waals surface area contributed by atoms with Crippen molar-refractivity contribution in [2.45, 2.75) is 70.4 Å². The van der Waals surface area contributed by atoms with Crippen LogP contribution >= 0.6 is 0 Å². The molecule has 0 spiro atoms. The van der Waals surface area contributed by atoms with E-state index in [-0.39, 0.29) is 0 Å². The number of hydrogen-bond acceptors (Lipinski definition) is 5. The van der Waals surface area contributed by atoms with Crippen LogP contribution in [0, 0.1) is 5.92 Å². The van der Waals surface area contributed by atoms with E-state index in [4.69, 9.17) is 15.0 Å². The molecule has 0 bridgehead atoms. The molecule has 1 aliphatic carbocycles. The molecule has 0 amide bonds. The van der Waals surface area contributed by atoms with Crippen molar-refractivity contribution in [1.29, 1.82) is 0 Å². The van der Waals surface area contributed by atoms with Gasteiger partial charge in [-0.1, -0.05) is 31.8 Å². The molecule has 0 aromatic carbocycles. The van der Waals surface area contributed by atoms with Gasteiger partial charge in [0.1, 0.15) is 5.60 Å². The minimum atomic E-state index is -0.560. The Bertz CT molecular complexity index is 444. The number of nitrogens with two attached hydrogens (primary N) is 1. The SMILES string of the molecule is CCCC(C)(N)c1nc(C2(OC)CCCC(C)C2)no1. The van der Waals surface area contributed by atoms with E-state index in [1.54, 1.807) is 7.11 Å². The number of aromatic nitrogens is 2. The third-order valence-electron chi connectivity index (χ3n) is 4.44. The van der Waals surface area contributed by atoms with Gasteiger partial charge in [-0.05, 0) is 38.5 Å². The molecule has 1 heterocycles. The van der Waals surface area contributed by atoms with Crippen LogP contribution in [0.4, 0.5) is 0 Å². The molecule has 0 radical (unpaired) electrons. The van der Waals surface area contributed by atoms with Crippen LogP contribution in [0.25, 0.3) is 0 Å². The number of nitrogens with zero attached hydrogens (tertiary/aromatic N) is 2. The molecule has 3 unspecified atom stereocenters. The minimum absolute atomic E-state index is 0.401. The summed E-state index contributed by atoms with van der Waals surface area (Å²) in [5, 5.41) is 4.17. The van der Waals surface area contributed by atoms with Gasteiger partial charge in [0.2, 0.25) is 11.7 Å². The van der Waals surface area contributed by atoms with E-state index in [2.05, 4.69) is 24.0 Å². The first kappa shape index (κ1) is 15.4. The first-order chi connectivity index (χ1) is 9.43. The summed E-state index contributed by atoms with van der Waals surface area (Å²) < 4.78 is 11.2. The highest BCUT2D eigenvalue weighted by molar-refractivity contribution is 5.08. The summed E-state index contributed by atoms with van der Waals surface area (Å²) in [7, 11) is 1.74. The van der Waals surface area contributed by atoms with Crippen LogP contribution in [0.15, 0.2) is 4.52 Å². The third kappa shape index (κ3) is 2.88. The zero-order chi connectivity index (χ0) is 14.8. The van der Waals surface area contributed by atoms with E-state index in [1.165, 1.54) is 6.42 Å². The number of ether oxygens (including phenoxy) is 1. The maximum Gasteiger partial charge on any atom is 0.246 e. The van der Waals surface area contributed by atoms with Gasteiger partial charge < -0.3 is 15.0 Å². The van der Waals surface area contributed by atoms with Crippen LogP contribution in [0.3, 0.4) is 0 Å². The summed E-state index contributed by atoms with van der Waals surface area (Å²) in [6.45, 7) is 6.29. The van der Waals surface area contributed by atoms with Gasteiger partial charge in [0.15, 0.2) is 0 Å². The predicted octanol–water partition coefficient (Wildman–Crippen LogP) is 3.10. The van der Waals surface area contributed by atoms with E-state index in [0.717, 1.165) is 32.1 Å². The second-order valence-electron chi connectivity index (χ2n) is 6.49. The highest BCUT2D eigenvalue weighted by Crippen LogP contribution is 2.41. The summed E-state index contributed by atoms with van der Waals surface area (Å²) in [6.07, 6.45) is 6.07. The quantitative estimate of drug-likeness (QED) is 0.897. The Morgan fingerprint density at radius 1 is 1.55 bits per heavy atom. The monoisotopic (exact) mass is 281 g/mol. The lowest BCUT2D eigenvalue weighted by molar-refractivity contribution is -0.0658. The molecular formula is C15H27N3O2. The second kappa shape index (κ2) is 5.82. The van der Waals surface area contributed by atoms with E-state index >= 15 is 0 Å². The molecule has 1 aliphatic rings. The first-order valence-corrected chi connectivity index (χ1v) is 7.62. The smallest absolute Gasteiger partial charge is 0.246 e. The molecule has 1 fully saturated rings. The van der Waals surface area contributed by atoms with E-state index in [9.17, 15) is 0 Å². The summed E-state index contributed by atoms with van der Waals surface area (Å²) >= 11 is 0. The largest absolute Gasteiger partial charge is 0.370 e. The maximum atomic E-state index is 6.27. The average Bonchev–Trinajstić information content (AvgIpc) is 2.89. The van der Waals surface area contributed by atoms with Crippen LogP contribution in [0.5, 0.6) is 0 Å². The van der Waals surface area contributed by atoms with Crippen molar-refractivity contribution >= 4 is 0 Å². The van der Waals surface area contributed by atoms with Gasteiger partial charge in [0.25, 0.3) is 0 Å². The Kier molecular flexibility index (Phi) is 4.49. The summed E-state index contributed by atoms with van der Waals surface area (Å²) in [6, 6.07) is 0. The Morgan fingerprint density at radius 3 is 2.90 bits per heavy atom. The van der Waals surface area contributed by atoms with Crippen LogP contribution in [-0.2, 0) is 15.9 Å². The highest BCUT2D eigenvalue weighted by atomic mass is 16.5. The maximum absolute atomic E-state index is 6.27. The molecule has 114 valence electrons. The number of rotatable bonds is 5. The van der Waals surface area contributed by atoms with Crippen LogP contribution in [0.2, 0.25) is 0 Å². The fourth-order valence-electron chi connectivity index (χ4n) is 3.25. The van der Waals surface area contributed by atoms with Crippen molar-refractivity contribution in [3.8, 4) is 0 Å². The van der Waals surface area contributed by atoms with Gasteiger partial charge in [0, 0.05) is 7.11 Å². The Balaban J connectivity index is 2.26. The van der Waals surface area contributed by atoms with E-state index in [0.29, 0.717) is 17.6 Å². The first-order valence-electron chi connectivity index (χ1n) is 7.62. The number of methoxy groups -OCH3 is 1. The van der Waals surface area contributed by atoms with Crippen LogP contribution in [0.1, 0.15) is 71.0 Å². The normalized spacial score (nSPS) is 30.1. The van der Waals surface area contributed by atoms with Crippen LogP contribution < -0.4 is 5.73 Å². The molecule has 1 aromatic rings. The molecule has 5 nitrogen and oxygen atoms in total. The number of hydrogen-bond donors (Lipinski definition) is 1. The van der Waals surface area contributed by atoms with Crippen molar-refractivity contribution in [3.05, 3.63) is 11.7 Å². The summed E-state index contributed by atoms with van der Waals surface area (Å²) in [4.78, 5) is 4.57. The molecule has 0 saturated heterocycles. The van der Waals surface area contributed by atoms with Gasteiger partial charge in [-0.25, -0.2) is 0 Å². The molecule has 1 aromatic heterocycles. The van der Waals surface area contributed by atoms with Crippen molar-refractivity contribution in [2.75, 3.05) is 7.11 Å². The molecule has 0 aliphatic heterocycles. The van der Waals surface area contributed by atoms with Crippen molar-refractivity contribution in [3.63, 3.8) is 0 Å². The topological polar surface area (TPSA) is 74.2 Å². The zero-order valence-electron chi connectivity index (χ0n) is 13.1. The van der Waals surface area contributed by atoms with Crippen LogP contribution in [-0.4, -0.2) is 17.3 Å². The third-order valence-corrected chi connectivity index (χ3v) is 4.44. The van der Waals surface area contributed by atoms with E-state index < -0.39 is 11.1 Å². The van der Waals surface area contributed by atoms with Crippen molar-refractivity contribution < 1.29 is 9.26 Å². The summed E-state index contributed by atoms with van der Waals surface area (Å²) in [5.74, 6) is 1.80. The molecular weight excluding hydrogens is 254 g/mol. The van der Waals surface area contributed by atoms with Gasteiger partial charge in [-0.15, -0.1) is 0 Å². The Hall–Kier alpha value is -0.940. The lowest BCUT2D eigenvalue weighted by Crippen LogP contribution is -2.36. The fourth-order valence-corrected chi connectivity index (χ4v) is 3.25. The standard InChI is InChI=1S/C15H27N3O2/c1-5-8-14(3,16)13-17-12(18-20-13)15(19-4)9-6-7-11(2)10-15/h11H,5-10,16H2,1-4H3. The lowest BCUT2D eigenvalue weighted by atomic mass is 9.78. The molecule has 2 rings (SSSR count). The predicted molar refractivity (Wildman–Crippen MR) is 77.1 cm³/mol. The minimum Gasteiger partial charge on any atom is -0.370 e.